The summed E-state index contributed by atoms with van der Waals surface area (Å²) in [6.07, 6.45) is -1.29. The Balaban J connectivity index is 0.000000527. The summed E-state index contributed by atoms with van der Waals surface area (Å²) >= 11 is 0. The van der Waals surface area contributed by atoms with E-state index >= 15 is 4.39 Å². The Labute approximate surface area is 199 Å². The van der Waals surface area contributed by atoms with Crippen LogP contribution in [-0.4, -0.2) is 18.5 Å². The lowest BCUT2D eigenvalue weighted by Crippen LogP contribution is -2.32. The van der Waals surface area contributed by atoms with Crippen LogP contribution in [0.25, 0.3) is 16.7 Å². The zero-order chi connectivity index (χ0) is 25.5. The Morgan fingerprint density at radius 3 is 2.09 bits per heavy atom. The molecule has 0 N–H and O–H groups in total. The van der Waals surface area contributed by atoms with Gasteiger partial charge < -0.3 is 0 Å². The first-order valence-corrected chi connectivity index (χ1v) is 11.1. The predicted molar refractivity (Wildman–Crippen MR) is 123 cm³/mol. The molecule has 184 valence electrons. The molecule has 35 heavy (non-hydrogen) atoms. The molecule has 3 aliphatic rings. The molecule has 0 aliphatic heterocycles. The van der Waals surface area contributed by atoms with Crippen LogP contribution in [0.4, 0.5) is 30.7 Å². The number of aryl methyl sites for hydroxylation is 1. The van der Waals surface area contributed by atoms with Crippen LogP contribution in [-0.2, 0) is 0 Å². The van der Waals surface area contributed by atoms with E-state index in [2.05, 4.69) is 0 Å². The first kappa shape index (κ1) is 25.0. The minimum absolute atomic E-state index is 0.188. The van der Waals surface area contributed by atoms with Crippen LogP contribution in [0.5, 0.6) is 0 Å². The molecular formula is C28H23F7. The summed E-state index contributed by atoms with van der Waals surface area (Å²) in [4.78, 5) is 0. The van der Waals surface area contributed by atoms with Crippen molar-refractivity contribution in [3.8, 4) is 11.1 Å². The van der Waals surface area contributed by atoms with Crippen molar-refractivity contribution in [1.82, 2.24) is 0 Å². The molecule has 3 unspecified atom stereocenters. The minimum atomic E-state index is -4.00. The molecule has 4 atom stereocenters. The average molecular weight is 492 g/mol. The number of hydrogen-bond acceptors (Lipinski definition) is 0. The molecule has 0 nitrogen and oxygen atoms in total. The molecule has 0 saturated heterocycles. The van der Waals surface area contributed by atoms with Gasteiger partial charge >= 0.3 is 6.18 Å². The van der Waals surface area contributed by atoms with Crippen LogP contribution in [0, 0.1) is 24.6 Å². The highest BCUT2D eigenvalue weighted by molar-refractivity contribution is 5.79. The molecular weight excluding hydrogens is 469 g/mol. The van der Waals surface area contributed by atoms with Crippen molar-refractivity contribution in [3.63, 3.8) is 0 Å². The zero-order valence-corrected chi connectivity index (χ0v) is 19.0. The topological polar surface area (TPSA) is 0 Å². The standard InChI is InChI=1S/C26H20F4.C2H3F3/c1-14-2-4-15(5-3-14)16-8-9-20(22(27)12-16)19-11-21-17-6-7-18(10-17)25(29)26(30)24(21)23(28)13-19;1-2(3,4)5/h2-9,11-13,21,24-26H,10H2,1H3;1H3/t21-,24?,25?,26?;/m0./s1. The minimum Gasteiger partial charge on any atom is -0.243 e. The zero-order valence-electron chi connectivity index (χ0n) is 19.0. The van der Waals surface area contributed by atoms with E-state index in [1.807, 2.05) is 31.2 Å². The number of alkyl halides is 5. The van der Waals surface area contributed by atoms with Crippen LogP contribution in [0.1, 0.15) is 24.5 Å². The maximum atomic E-state index is 15.0. The number of fused-ring (bicyclic) bond motifs is 4. The Kier molecular flexibility index (Phi) is 6.80. The van der Waals surface area contributed by atoms with E-state index in [0.29, 0.717) is 17.6 Å². The maximum Gasteiger partial charge on any atom is 0.386 e. The molecule has 0 aromatic heterocycles. The molecule has 2 aromatic carbocycles. The van der Waals surface area contributed by atoms with E-state index in [0.717, 1.165) is 28.3 Å². The molecule has 0 heterocycles. The molecule has 7 heteroatoms. The molecule has 1 saturated carbocycles. The summed E-state index contributed by atoms with van der Waals surface area (Å²) in [7, 11) is 0. The normalized spacial score (nSPS) is 25.3. The lowest BCUT2D eigenvalue weighted by molar-refractivity contribution is -0.110. The highest BCUT2D eigenvalue weighted by atomic mass is 19.4. The maximum absolute atomic E-state index is 15.0. The second kappa shape index (κ2) is 9.51. The second-order valence-electron chi connectivity index (χ2n) is 9.05. The number of hydrogen-bond donors (Lipinski definition) is 0. The molecule has 2 bridgehead atoms. The number of rotatable bonds is 2. The number of benzene rings is 2. The van der Waals surface area contributed by atoms with E-state index in [9.17, 15) is 26.3 Å². The first-order valence-electron chi connectivity index (χ1n) is 11.1. The van der Waals surface area contributed by atoms with Gasteiger partial charge in [0.1, 0.15) is 17.8 Å². The third kappa shape index (κ3) is 5.44. The van der Waals surface area contributed by atoms with Crippen LogP contribution in [0.15, 0.2) is 83.7 Å². The Morgan fingerprint density at radius 2 is 1.46 bits per heavy atom. The van der Waals surface area contributed by atoms with Gasteiger partial charge in [-0.05, 0) is 47.8 Å². The van der Waals surface area contributed by atoms with Crippen molar-refractivity contribution in [3.05, 3.63) is 101 Å². The molecule has 1 fully saturated rings. The number of allylic oxidation sites excluding steroid dienone is 8. The van der Waals surface area contributed by atoms with E-state index < -0.39 is 42.0 Å². The van der Waals surface area contributed by atoms with Crippen LogP contribution >= 0.6 is 0 Å². The SMILES string of the molecule is CC(F)(F)F.Cc1ccc(-c2ccc(C3=C[C@H]4C5=CC=C(C5)C(F)C(F)C4C(F)=C3)c(F)c2)cc1. The lowest BCUT2D eigenvalue weighted by atomic mass is 9.76. The van der Waals surface area contributed by atoms with E-state index in [4.69, 9.17) is 0 Å². The van der Waals surface area contributed by atoms with Gasteiger partial charge in [-0.15, -0.1) is 0 Å². The van der Waals surface area contributed by atoms with Gasteiger partial charge in [0, 0.05) is 18.4 Å². The van der Waals surface area contributed by atoms with Gasteiger partial charge in [0.25, 0.3) is 0 Å². The highest BCUT2D eigenvalue weighted by Gasteiger charge is 2.46. The molecule has 5 rings (SSSR count). The lowest BCUT2D eigenvalue weighted by Gasteiger charge is -2.30. The Morgan fingerprint density at radius 1 is 0.857 bits per heavy atom. The summed E-state index contributed by atoms with van der Waals surface area (Å²) < 4.78 is 90.2. The molecule has 0 spiro atoms. The van der Waals surface area contributed by atoms with E-state index in [-0.39, 0.29) is 12.5 Å². The molecule has 2 aromatic rings. The van der Waals surface area contributed by atoms with Crippen LogP contribution in [0.3, 0.4) is 0 Å². The van der Waals surface area contributed by atoms with Crippen molar-refractivity contribution < 1.29 is 30.7 Å². The predicted octanol–water partition coefficient (Wildman–Crippen LogP) is 8.80. The monoisotopic (exact) mass is 492 g/mol. The fraction of sp³-hybridized carbons (Fsp3) is 0.286. The van der Waals surface area contributed by atoms with E-state index in [1.165, 1.54) is 6.07 Å². The Hall–Kier alpha value is -3.09. The van der Waals surface area contributed by atoms with Crippen molar-refractivity contribution in [2.24, 2.45) is 11.8 Å². The summed E-state index contributed by atoms with van der Waals surface area (Å²) in [5, 5.41) is 0. The van der Waals surface area contributed by atoms with Crippen LogP contribution in [0.2, 0.25) is 0 Å². The quantitative estimate of drug-likeness (QED) is 0.368. The first-order chi connectivity index (χ1) is 16.4. The van der Waals surface area contributed by atoms with Gasteiger partial charge in [-0.1, -0.05) is 65.8 Å². The van der Waals surface area contributed by atoms with Gasteiger partial charge in [0.2, 0.25) is 0 Å². The smallest absolute Gasteiger partial charge is 0.243 e. The summed E-state index contributed by atoms with van der Waals surface area (Å²) in [5.41, 5.74) is 4.46. The molecule has 0 radical (unpaired) electrons. The van der Waals surface area contributed by atoms with Crippen molar-refractivity contribution in [2.45, 2.75) is 38.8 Å². The van der Waals surface area contributed by atoms with Gasteiger partial charge in [-0.3, -0.25) is 0 Å². The highest BCUT2D eigenvalue weighted by Crippen LogP contribution is 2.49. The second-order valence-corrected chi connectivity index (χ2v) is 9.05. The fourth-order valence-corrected chi connectivity index (χ4v) is 4.66. The fourth-order valence-electron chi connectivity index (χ4n) is 4.66. The van der Waals surface area contributed by atoms with Gasteiger partial charge in [-0.25, -0.2) is 17.6 Å². The van der Waals surface area contributed by atoms with Crippen molar-refractivity contribution in [1.29, 1.82) is 0 Å². The van der Waals surface area contributed by atoms with Crippen LogP contribution < -0.4 is 0 Å². The van der Waals surface area contributed by atoms with Crippen molar-refractivity contribution in [2.75, 3.05) is 0 Å². The Bertz CT molecular complexity index is 1220. The third-order valence-corrected chi connectivity index (χ3v) is 6.35. The van der Waals surface area contributed by atoms with Gasteiger partial charge in [-0.2, -0.15) is 13.2 Å². The van der Waals surface area contributed by atoms with Gasteiger partial charge in [0.15, 0.2) is 6.17 Å². The molecule has 0 amide bonds. The van der Waals surface area contributed by atoms with E-state index in [1.54, 1.807) is 30.4 Å². The summed E-state index contributed by atoms with van der Waals surface area (Å²) in [5.74, 6) is -3.03. The largest absolute Gasteiger partial charge is 0.386 e. The third-order valence-electron chi connectivity index (χ3n) is 6.35. The summed E-state index contributed by atoms with van der Waals surface area (Å²) in [6.45, 7) is 2.17. The van der Waals surface area contributed by atoms with Gasteiger partial charge in [0.05, 0.1) is 5.92 Å². The number of halogens is 7. The molecule has 3 aliphatic carbocycles. The summed E-state index contributed by atoms with van der Waals surface area (Å²) in [6, 6.07) is 12.6. The van der Waals surface area contributed by atoms with Crippen molar-refractivity contribution >= 4 is 5.57 Å². The average Bonchev–Trinajstić information content (AvgIpc) is 3.24.